The lowest BCUT2D eigenvalue weighted by Gasteiger charge is -2.23. The molecule has 3 rings (SSSR count). The van der Waals surface area contributed by atoms with Gasteiger partial charge in [-0.25, -0.2) is 4.79 Å². The lowest BCUT2D eigenvalue weighted by Crippen LogP contribution is -2.31. The van der Waals surface area contributed by atoms with E-state index in [1.54, 1.807) is 11.0 Å². The predicted octanol–water partition coefficient (Wildman–Crippen LogP) is 3.38. The summed E-state index contributed by atoms with van der Waals surface area (Å²) in [6.07, 6.45) is 2.94. The van der Waals surface area contributed by atoms with Gasteiger partial charge in [0.05, 0.1) is 7.11 Å². The van der Waals surface area contributed by atoms with Gasteiger partial charge >= 0.3 is 5.97 Å². The highest BCUT2D eigenvalue weighted by molar-refractivity contribution is 6.07. The maximum atomic E-state index is 13.0. The van der Waals surface area contributed by atoms with Crippen molar-refractivity contribution in [2.24, 2.45) is 0 Å². The smallest absolute Gasteiger partial charge is 0.339 e. The molecule has 1 aliphatic heterocycles. The first-order valence-corrected chi connectivity index (χ1v) is 7.93. The van der Waals surface area contributed by atoms with Crippen molar-refractivity contribution in [3.05, 3.63) is 59.2 Å². The number of aryl methyl sites for hydroxylation is 1. The first kappa shape index (κ1) is 16.1. The molecule has 5 nitrogen and oxygen atoms in total. The van der Waals surface area contributed by atoms with Crippen molar-refractivity contribution >= 4 is 17.6 Å². The molecule has 0 saturated carbocycles. The lowest BCUT2D eigenvalue weighted by atomic mass is 10.1. The van der Waals surface area contributed by atoms with Gasteiger partial charge in [-0.15, -0.1) is 0 Å². The summed E-state index contributed by atoms with van der Waals surface area (Å²) in [5.74, 6) is -1.03. The van der Waals surface area contributed by atoms with E-state index in [9.17, 15) is 9.59 Å². The Morgan fingerprint density at radius 2 is 1.92 bits per heavy atom. The van der Waals surface area contributed by atoms with Crippen molar-refractivity contribution < 1.29 is 19.4 Å². The van der Waals surface area contributed by atoms with Crippen LogP contribution in [0.1, 0.15) is 39.1 Å². The van der Waals surface area contributed by atoms with E-state index in [-0.39, 0.29) is 17.2 Å². The number of carboxylic acids is 1. The summed E-state index contributed by atoms with van der Waals surface area (Å²) in [6, 6.07) is 12.4. The number of aromatic carboxylic acids is 1. The third-order valence-corrected chi connectivity index (χ3v) is 4.28. The monoisotopic (exact) mass is 325 g/mol. The first-order chi connectivity index (χ1) is 11.6. The minimum atomic E-state index is -1.08. The number of methoxy groups -OCH3 is 1. The van der Waals surface area contributed by atoms with E-state index in [4.69, 9.17) is 9.84 Å². The Hall–Kier alpha value is -2.82. The normalized spacial score (nSPS) is 13.8. The van der Waals surface area contributed by atoms with E-state index in [1.807, 2.05) is 18.2 Å². The van der Waals surface area contributed by atoms with Crippen LogP contribution < -0.4 is 9.64 Å². The molecule has 0 fully saturated rings. The van der Waals surface area contributed by atoms with Crippen LogP contribution >= 0.6 is 0 Å². The van der Waals surface area contributed by atoms with Crippen LogP contribution in [0.5, 0.6) is 5.75 Å². The van der Waals surface area contributed by atoms with Crippen LogP contribution in [0.2, 0.25) is 0 Å². The van der Waals surface area contributed by atoms with Gasteiger partial charge in [-0.05, 0) is 49.1 Å². The van der Waals surface area contributed by atoms with Crippen LogP contribution in [-0.2, 0) is 6.42 Å². The zero-order valence-corrected chi connectivity index (χ0v) is 13.5. The van der Waals surface area contributed by atoms with Crippen molar-refractivity contribution in [2.75, 3.05) is 18.6 Å². The average molecular weight is 325 g/mol. The molecule has 1 N–H and O–H groups in total. The van der Waals surface area contributed by atoms with Crippen molar-refractivity contribution in [2.45, 2.75) is 19.3 Å². The van der Waals surface area contributed by atoms with Gasteiger partial charge in [0, 0.05) is 17.8 Å². The van der Waals surface area contributed by atoms with Crippen LogP contribution in [0, 0.1) is 0 Å². The topological polar surface area (TPSA) is 66.8 Å². The third-order valence-electron chi connectivity index (χ3n) is 4.28. The summed E-state index contributed by atoms with van der Waals surface area (Å²) in [4.78, 5) is 26.0. The van der Waals surface area contributed by atoms with Crippen molar-refractivity contribution in [3.63, 3.8) is 0 Å². The molecule has 2 aromatic rings. The summed E-state index contributed by atoms with van der Waals surface area (Å²) in [6.45, 7) is 0.652. The van der Waals surface area contributed by atoms with E-state index in [2.05, 4.69) is 6.07 Å². The Bertz CT molecular complexity index is 785. The number of carbonyl (C=O) groups is 2. The number of carboxylic acid groups (broad SMARTS) is 1. The number of hydrogen-bond donors (Lipinski definition) is 1. The number of nitrogens with zero attached hydrogens (tertiary/aromatic N) is 1. The SMILES string of the molecule is COc1cc(C(=O)N2CCCCc3ccccc32)ccc1C(=O)O. The summed E-state index contributed by atoms with van der Waals surface area (Å²) in [5, 5.41) is 9.17. The second-order valence-corrected chi connectivity index (χ2v) is 5.76. The summed E-state index contributed by atoms with van der Waals surface area (Å²) in [7, 11) is 1.40. The minimum absolute atomic E-state index is 0.0466. The molecule has 5 heteroatoms. The van der Waals surface area contributed by atoms with Crippen LogP contribution in [-0.4, -0.2) is 30.6 Å². The molecule has 0 radical (unpaired) electrons. The molecule has 0 spiro atoms. The number of ether oxygens (including phenoxy) is 1. The van der Waals surface area contributed by atoms with Gasteiger partial charge in [0.15, 0.2) is 0 Å². The van der Waals surface area contributed by atoms with Crippen LogP contribution in [0.3, 0.4) is 0 Å². The molecule has 0 bridgehead atoms. The van der Waals surface area contributed by atoms with Crippen LogP contribution in [0.15, 0.2) is 42.5 Å². The standard InChI is InChI=1S/C19H19NO4/c1-24-17-12-14(9-10-15(17)19(22)23)18(21)20-11-5-4-7-13-6-2-3-8-16(13)20/h2-3,6,8-10,12H,4-5,7,11H2,1H3,(H,22,23). The second kappa shape index (κ2) is 6.74. The Labute approximate surface area is 140 Å². The maximum absolute atomic E-state index is 13.0. The van der Waals surface area contributed by atoms with E-state index >= 15 is 0 Å². The van der Waals surface area contributed by atoms with E-state index in [0.29, 0.717) is 12.1 Å². The molecule has 124 valence electrons. The highest BCUT2D eigenvalue weighted by Gasteiger charge is 2.23. The number of hydrogen-bond acceptors (Lipinski definition) is 3. The molecular weight excluding hydrogens is 306 g/mol. The van der Waals surface area contributed by atoms with Gasteiger partial charge in [-0.3, -0.25) is 4.79 Å². The van der Waals surface area contributed by atoms with Crippen molar-refractivity contribution in [3.8, 4) is 5.75 Å². The Kier molecular flexibility index (Phi) is 4.51. The van der Waals surface area contributed by atoms with Gasteiger partial charge in [0.2, 0.25) is 0 Å². The number of benzene rings is 2. The minimum Gasteiger partial charge on any atom is -0.496 e. The van der Waals surface area contributed by atoms with Gasteiger partial charge < -0.3 is 14.7 Å². The molecule has 0 saturated heterocycles. The van der Waals surface area contributed by atoms with E-state index < -0.39 is 5.97 Å². The third kappa shape index (κ3) is 2.97. The quantitative estimate of drug-likeness (QED) is 0.939. The average Bonchev–Trinajstić information content (AvgIpc) is 2.82. The Balaban J connectivity index is 1.99. The molecule has 0 unspecified atom stereocenters. The first-order valence-electron chi connectivity index (χ1n) is 7.93. The summed E-state index contributed by atoms with van der Waals surface area (Å²) in [5.41, 5.74) is 2.57. The van der Waals surface area contributed by atoms with Crippen LogP contribution in [0.25, 0.3) is 0 Å². The van der Waals surface area contributed by atoms with Crippen molar-refractivity contribution in [1.29, 1.82) is 0 Å². The molecule has 2 aromatic carbocycles. The zero-order valence-electron chi connectivity index (χ0n) is 13.5. The number of amides is 1. The van der Waals surface area contributed by atoms with Gasteiger partial charge in [-0.1, -0.05) is 18.2 Å². The Morgan fingerprint density at radius 3 is 2.67 bits per heavy atom. The number of rotatable bonds is 3. The number of fused-ring (bicyclic) bond motifs is 1. The molecule has 0 atom stereocenters. The number of carbonyl (C=O) groups excluding carboxylic acids is 1. The number of anilines is 1. The largest absolute Gasteiger partial charge is 0.496 e. The van der Waals surface area contributed by atoms with Crippen molar-refractivity contribution in [1.82, 2.24) is 0 Å². The molecular formula is C19H19NO4. The highest BCUT2D eigenvalue weighted by Crippen LogP contribution is 2.29. The van der Waals surface area contributed by atoms with Gasteiger partial charge in [0.1, 0.15) is 11.3 Å². The highest BCUT2D eigenvalue weighted by atomic mass is 16.5. The fourth-order valence-electron chi connectivity index (χ4n) is 3.06. The molecule has 1 heterocycles. The lowest BCUT2D eigenvalue weighted by molar-refractivity contribution is 0.0692. The molecule has 0 aromatic heterocycles. The molecule has 24 heavy (non-hydrogen) atoms. The molecule has 0 aliphatic carbocycles. The fourth-order valence-corrected chi connectivity index (χ4v) is 3.06. The Morgan fingerprint density at radius 1 is 1.12 bits per heavy atom. The summed E-state index contributed by atoms with van der Waals surface area (Å²) < 4.78 is 5.13. The zero-order chi connectivity index (χ0) is 17.1. The van der Waals surface area contributed by atoms with Gasteiger partial charge in [0.25, 0.3) is 5.91 Å². The van der Waals surface area contributed by atoms with Gasteiger partial charge in [-0.2, -0.15) is 0 Å². The molecule has 1 aliphatic rings. The van der Waals surface area contributed by atoms with E-state index in [1.165, 1.54) is 19.2 Å². The molecule has 1 amide bonds. The summed E-state index contributed by atoms with van der Waals surface area (Å²) >= 11 is 0. The fraction of sp³-hybridized carbons (Fsp3) is 0.263. The van der Waals surface area contributed by atoms with E-state index in [0.717, 1.165) is 30.5 Å². The number of para-hydroxylation sites is 1. The van der Waals surface area contributed by atoms with Crippen LogP contribution in [0.4, 0.5) is 5.69 Å². The maximum Gasteiger partial charge on any atom is 0.339 e. The predicted molar refractivity (Wildman–Crippen MR) is 91.0 cm³/mol. The second-order valence-electron chi connectivity index (χ2n) is 5.76.